The van der Waals surface area contributed by atoms with E-state index in [1.165, 1.54) is 12.1 Å². The Bertz CT molecular complexity index is 1110. The van der Waals surface area contributed by atoms with Gasteiger partial charge in [0.25, 0.3) is 11.5 Å². The zero-order valence-electron chi connectivity index (χ0n) is 16.3. The third-order valence-electron chi connectivity index (χ3n) is 5.38. The van der Waals surface area contributed by atoms with Crippen LogP contribution in [0.1, 0.15) is 47.8 Å². The van der Waals surface area contributed by atoms with E-state index in [9.17, 15) is 18.4 Å². The summed E-state index contributed by atoms with van der Waals surface area (Å²) in [5.74, 6) is -2.98. The van der Waals surface area contributed by atoms with Crippen LogP contribution in [-0.4, -0.2) is 37.9 Å². The number of aromatic nitrogens is 4. The van der Waals surface area contributed by atoms with Gasteiger partial charge in [-0.3, -0.25) is 9.59 Å². The van der Waals surface area contributed by atoms with Gasteiger partial charge in [-0.1, -0.05) is 5.16 Å². The van der Waals surface area contributed by atoms with Crippen molar-refractivity contribution in [1.29, 1.82) is 0 Å². The van der Waals surface area contributed by atoms with E-state index in [1.807, 2.05) is 0 Å². The summed E-state index contributed by atoms with van der Waals surface area (Å²) in [7, 11) is 0. The minimum Gasteiger partial charge on any atom is -0.503 e. The first-order chi connectivity index (χ1) is 14.9. The van der Waals surface area contributed by atoms with Crippen molar-refractivity contribution in [3.05, 3.63) is 57.7 Å². The monoisotopic (exact) mass is 431 g/mol. The zero-order chi connectivity index (χ0) is 22.0. The van der Waals surface area contributed by atoms with Crippen LogP contribution in [0.5, 0.6) is 5.75 Å². The quantitative estimate of drug-likeness (QED) is 0.565. The van der Waals surface area contributed by atoms with Crippen LogP contribution in [0.15, 0.2) is 33.6 Å². The number of carbonyl (C=O) groups is 1. The van der Waals surface area contributed by atoms with Crippen LogP contribution in [0.25, 0.3) is 11.5 Å². The van der Waals surface area contributed by atoms with E-state index in [0.29, 0.717) is 24.0 Å². The zero-order valence-corrected chi connectivity index (χ0v) is 16.3. The van der Waals surface area contributed by atoms with Crippen molar-refractivity contribution in [3.8, 4) is 17.3 Å². The van der Waals surface area contributed by atoms with Crippen LogP contribution in [0.4, 0.5) is 8.78 Å². The van der Waals surface area contributed by atoms with Gasteiger partial charge in [-0.15, -0.1) is 0 Å². The Morgan fingerprint density at radius 1 is 1.19 bits per heavy atom. The lowest BCUT2D eigenvalue weighted by Crippen LogP contribution is -2.31. The number of hydrogen-bond acceptors (Lipinski definition) is 7. The van der Waals surface area contributed by atoms with Crippen LogP contribution < -0.4 is 10.9 Å². The first kappa shape index (κ1) is 20.6. The molecule has 11 heteroatoms. The molecule has 4 rings (SSSR count). The standard InChI is InChI=1S/C20H19F2N5O4/c21-13-7-12(8-14(22)17(13)29)19(30)23-9-10-1-3-11(4-2-10)20-24-18(27-31-20)15-5-6-16(28)26-25-15/h5-8,10-11,29H,1-4,9H2,(H,23,30)(H,26,28). The maximum absolute atomic E-state index is 13.4. The van der Waals surface area contributed by atoms with E-state index in [0.717, 1.165) is 37.8 Å². The van der Waals surface area contributed by atoms with E-state index < -0.39 is 23.3 Å². The lowest BCUT2D eigenvalue weighted by molar-refractivity contribution is 0.0941. The Morgan fingerprint density at radius 2 is 1.90 bits per heavy atom. The van der Waals surface area contributed by atoms with Crippen LogP contribution >= 0.6 is 0 Å². The molecule has 1 aliphatic rings. The molecule has 0 saturated heterocycles. The van der Waals surface area contributed by atoms with Crippen molar-refractivity contribution in [2.45, 2.75) is 31.6 Å². The fourth-order valence-corrected chi connectivity index (χ4v) is 3.62. The van der Waals surface area contributed by atoms with Crippen LogP contribution in [0.2, 0.25) is 0 Å². The SMILES string of the molecule is O=C(NCC1CCC(c2nc(-c3ccc(=O)[nH]n3)no2)CC1)c1cc(F)c(O)c(F)c1. The molecule has 0 unspecified atom stereocenters. The number of rotatable bonds is 5. The molecule has 3 aromatic rings. The maximum Gasteiger partial charge on any atom is 0.264 e. The molecule has 0 atom stereocenters. The number of amides is 1. The average Bonchev–Trinajstić information content (AvgIpc) is 3.26. The van der Waals surface area contributed by atoms with Gasteiger partial charge in [0.15, 0.2) is 17.4 Å². The third kappa shape index (κ3) is 4.60. The number of benzene rings is 1. The Balaban J connectivity index is 1.30. The number of hydrogen-bond donors (Lipinski definition) is 3. The third-order valence-corrected chi connectivity index (χ3v) is 5.38. The molecule has 0 spiro atoms. The fraction of sp³-hybridized carbons (Fsp3) is 0.350. The first-order valence-corrected chi connectivity index (χ1v) is 9.76. The van der Waals surface area contributed by atoms with Gasteiger partial charge in [0.2, 0.25) is 11.7 Å². The van der Waals surface area contributed by atoms with E-state index in [4.69, 9.17) is 9.63 Å². The van der Waals surface area contributed by atoms with Crippen molar-refractivity contribution in [3.63, 3.8) is 0 Å². The minimum atomic E-state index is -1.18. The first-order valence-electron chi connectivity index (χ1n) is 9.76. The predicted molar refractivity (Wildman–Crippen MR) is 103 cm³/mol. The molecular formula is C20H19F2N5O4. The summed E-state index contributed by atoms with van der Waals surface area (Å²) < 4.78 is 32.2. The number of nitrogens with one attached hydrogen (secondary N) is 2. The smallest absolute Gasteiger partial charge is 0.264 e. The van der Waals surface area contributed by atoms with E-state index in [1.54, 1.807) is 0 Å². The van der Waals surface area contributed by atoms with Gasteiger partial charge < -0.3 is 14.9 Å². The largest absolute Gasteiger partial charge is 0.503 e. The molecule has 9 nitrogen and oxygen atoms in total. The molecule has 162 valence electrons. The van der Waals surface area contributed by atoms with Gasteiger partial charge in [-0.25, -0.2) is 13.9 Å². The summed E-state index contributed by atoms with van der Waals surface area (Å²) in [5, 5.41) is 21.9. The van der Waals surface area contributed by atoms with Crippen LogP contribution in [-0.2, 0) is 0 Å². The van der Waals surface area contributed by atoms with Gasteiger partial charge in [0.1, 0.15) is 5.69 Å². The molecule has 1 saturated carbocycles. The molecule has 0 bridgehead atoms. The highest BCUT2D eigenvalue weighted by Gasteiger charge is 2.27. The number of H-pyrrole nitrogens is 1. The molecule has 1 fully saturated rings. The average molecular weight is 431 g/mol. The Labute approximate surface area is 174 Å². The molecule has 2 heterocycles. The molecular weight excluding hydrogens is 412 g/mol. The van der Waals surface area contributed by atoms with Gasteiger partial charge in [-0.05, 0) is 49.8 Å². The van der Waals surface area contributed by atoms with Crippen molar-refractivity contribution >= 4 is 5.91 Å². The Hall–Kier alpha value is -3.63. The summed E-state index contributed by atoms with van der Waals surface area (Å²) in [6, 6.07) is 4.45. The lowest BCUT2D eigenvalue weighted by atomic mass is 9.82. The Morgan fingerprint density at radius 3 is 2.55 bits per heavy atom. The fourth-order valence-electron chi connectivity index (χ4n) is 3.62. The molecule has 1 aromatic carbocycles. The number of nitrogens with zero attached hydrogens (tertiary/aromatic N) is 3. The molecule has 1 aliphatic carbocycles. The Kier molecular flexibility index (Phi) is 5.74. The summed E-state index contributed by atoms with van der Waals surface area (Å²) in [6.45, 7) is 0.367. The number of phenolic OH excluding ortho intramolecular Hbond substituents is 1. The molecule has 1 amide bonds. The lowest BCUT2D eigenvalue weighted by Gasteiger charge is -2.26. The second kappa shape index (κ2) is 8.62. The number of phenols is 1. The molecule has 3 N–H and O–H groups in total. The van der Waals surface area contributed by atoms with Crippen molar-refractivity contribution in [1.82, 2.24) is 25.7 Å². The van der Waals surface area contributed by atoms with E-state index in [2.05, 4.69) is 25.7 Å². The number of carbonyl (C=O) groups excluding carboxylic acids is 1. The predicted octanol–water partition coefficient (Wildman–Crippen LogP) is 2.51. The van der Waals surface area contributed by atoms with E-state index in [-0.39, 0.29) is 23.0 Å². The summed E-state index contributed by atoms with van der Waals surface area (Å²) in [6.07, 6.45) is 3.17. The normalized spacial score (nSPS) is 18.6. The van der Waals surface area contributed by atoms with Crippen molar-refractivity contribution < 1.29 is 23.2 Å². The summed E-state index contributed by atoms with van der Waals surface area (Å²) in [4.78, 5) is 27.6. The molecule has 2 aromatic heterocycles. The highest BCUT2D eigenvalue weighted by Crippen LogP contribution is 2.35. The molecule has 31 heavy (non-hydrogen) atoms. The number of aromatic amines is 1. The van der Waals surface area contributed by atoms with Crippen LogP contribution in [0, 0.1) is 17.6 Å². The number of aromatic hydroxyl groups is 1. The van der Waals surface area contributed by atoms with Crippen molar-refractivity contribution in [2.75, 3.05) is 6.54 Å². The van der Waals surface area contributed by atoms with Gasteiger partial charge in [0.05, 0.1) is 0 Å². The maximum atomic E-state index is 13.4. The van der Waals surface area contributed by atoms with Gasteiger partial charge in [-0.2, -0.15) is 10.1 Å². The topological polar surface area (TPSA) is 134 Å². The summed E-state index contributed by atoms with van der Waals surface area (Å²) >= 11 is 0. The minimum absolute atomic E-state index is 0.0799. The van der Waals surface area contributed by atoms with Gasteiger partial charge >= 0.3 is 0 Å². The summed E-state index contributed by atoms with van der Waals surface area (Å²) in [5.41, 5.74) is -0.0950. The second-order valence-corrected chi connectivity index (χ2v) is 7.48. The van der Waals surface area contributed by atoms with Gasteiger partial charge in [0, 0.05) is 24.1 Å². The second-order valence-electron chi connectivity index (χ2n) is 7.48. The molecule has 0 radical (unpaired) electrons. The van der Waals surface area contributed by atoms with Crippen LogP contribution in [0.3, 0.4) is 0 Å². The van der Waals surface area contributed by atoms with Crippen molar-refractivity contribution in [2.24, 2.45) is 5.92 Å². The molecule has 0 aliphatic heterocycles. The van der Waals surface area contributed by atoms with E-state index >= 15 is 0 Å². The highest BCUT2D eigenvalue weighted by atomic mass is 19.1. The number of halogens is 2. The highest BCUT2D eigenvalue weighted by molar-refractivity contribution is 5.94.